The molecule has 2 aromatic carbocycles. The molecule has 0 spiro atoms. The number of ether oxygens (including phenoxy) is 2. The first-order valence-electron chi connectivity index (χ1n) is 9.63. The van der Waals surface area contributed by atoms with Crippen LogP contribution in [0, 0.1) is 17.5 Å². The topological polar surface area (TPSA) is 90.7 Å². The average molecular weight is 448 g/mol. The van der Waals surface area contributed by atoms with Gasteiger partial charge in [-0.1, -0.05) is 0 Å². The lowest BCUT2D eigenvalue weighted by Gasteiger charge is -2.14. The number of carbonyl (C=O) groups excluding carboxylic acids is 1. The Hall–Kier alpha value is -3.82. The molecule has 0 atom stereocenters. The number of nitrogens with zero attached hydrogens (tertiary/aromatic N) is 2. The van der Waals surface area contributed by atoms with E-state index in [1.165, 1.54) is 13.0 Å². The first-order chi connectivity index (χ1) is 15.2. The summed E-state index contributed by atoms with van der Waals surface area (Å²) in [6, 6.07) is 6.14. The number of aromatic nitrogens is 2. The second-order valence-electron chi connectivity index (χ2n) is 6.64. The molecule has 0 saturated heterocycles. The Bertz CT molecular complexity index is 1210. The normalized spacial score (nSPS) is 10.8. The monoisotopic (exact) mass is 448 g/mol. The van der Waals surface area contributed by atoms with E-state index in [0.717, 1.165) is 28.9 Å². The van der Waals surface area contributed by atoms with E-state index in [9.17, 15) is 27.9 Å². The second kappa shape index (κ2) is 9.54. The summed E-state index contributed by atoms with van der Waals surface area (Å²) in [5, 5.41) is 14.7. The molecule has 1 aromatic heterocycles. The fourth-order valence-electron chi connectivity index (χ4n) is 3.08. The van der Waals surface area contributed by atoms with Gasteiger partial charge >= 0.3 is 5.97 Å². The molecule has 3 rings (SSSR count). The number of esters is 1. The maximum atomic E-state index is 14.1. The van der Waals surface area contributed by atoms with E-state index >= 15 is 0 Å². The highest BCUT2D eigenvalue weighted by Gasteiger charge is 2.25. The van der Waals surface area contributed by atoms with Crippen molar-refractivity contribution in [3.8, 4) is 22.8 Å². The third-order valence-electron chi connectivity index (χ3n) is 4.32. The average Bonchev–Trinajstić information content (AvgIpc) is 2.69. The Labute approximate surface area is 180 Å². The van der Waals surface area contributed by atoms with Gasteiger partial charge in [-0.15, -0.1) is 0 Å². The summed E-state index contributed by atoms with van der Waals surface area (Å²) in [7, 11) is 0. The van der Waals surface area contributed by atoms with Gasteiger partial charge in [0.15, 0.2) is 11.3 Å². The maximum Gasteiger partial charge on any atom is 0.347 e. The second-order valence-corrected chi connectivity index (χ2v) is 6.64. The van der Waals surface area contributed by atoms with Gasteiger partial charge in [0.1, 0.15) is 28.9 Å². The molecule has 7 nitrogen and oxygen atoms in total. The summed E-state index contributed by atoms with van der Waals surface area (Å²) < 4.78 is 52.2. The number of halogens is 3. The van der Waals surface area contributed by atoms with Gasteiger partial charge in [0.2, 0.25) is 0 Å². The molecule has 3 aromatic rings. The van der Waals surface area contributed by atoms with E-state index in [2.05, 4.69) is 5.10 Å². The van der Waals surface area contributed by atoms with Gasteiger partial charge in [0.05, 0.1) is 19.8 Å². The lowest BCUT2D eigenvalue weighted by atomic mass is 10.1. The zero-order valence-electron chi connectivity index (χ0n) is 17.2. The van der Waals surface area contributed by atoms with Crippen molar-refractivity contribution in [1.82, 2.24) is 9.78 Å². The third-order valence-corrected chi connectivity index (χ3v) is 4.32. The molecule has 0 fully saturated rings. The first kappa shape index (κ1) is 22.9. The fourth-order valence-corrected chi connectivity index (χ4v) is 3.08. The molecule has 0 aliphatic rings. The maximum absolute atomic E-state index is 14.1. The van der Waals surface area contributed by atoms with Gasteiger partial charge in [-0.25, -0.2) is 22.6 Å². The summed E-state index contributed by atoms with van der Waals surface area (Å²) in [4.78, 5) is 25.2. The SMILES string of the molecule is CCOC(=O)c1c(O)c(-c2cc(F)cc(OCC)c2)nn(Cc2cc(F)cc(F)c2)c1=O. The van der Waals surface area contributed by atoms with E-state index in [1.807, 2.05) is 0 Å². The molecule has 1 N–H and O–H groups in total. The molecule has 1 heterocycles. The number of rotatable bonds is 7. The van der Waals surface area contributed by atoms with E-state index in [1.54, 1.807) is 6.92 Å². The standard InChI is InChI=1S/C22H19F3N2O5/c1-3-31-17-8-13(7-16(25)10-17)19-20(28)18(22(30)32-4-2)21(29)27(26-19)11-12-5-14(23)9-15(24)6-12/h5-10,28H,3-4,11H2,1-2H3. The quantitative estimate of drug-likeness (QED) is 0.555. The van der Waals surface area contributed by atoms with Crippen molar-refractivity contribution in [2.75, 3.05) is 13.2 Å². The van der Waals surface area contributed by atoms with Crippen LogP contribution >= 0.6 is 0 Å². The summed E-state index contributed by atoms with van der Waals surface area (Å²) in [5.41, 5.74) is -2.05. The predicted molar refractivity (Wildman–Crippen MR) is 108 cm³/mol. The molecule has 0 saturated carbocycles. The number of benzene rings is 2. The van der Waals surface area contributed by atoms with Crippen LogP contribution in [0.1, 0.15) is 29.8 Å². The van der Waals surface area contributed by atoms with Crippen LogP contribution in [-0.2, 0) is 11.3 Å². The van der Waals surface area contributed by atoms with Crippen LogP contribution < -0.4 is 10.3 Å². The minimum atomic E-state index is -1.13. The number of hydrogen-bond acceptors (Lipinski definition) is 6. The smallest absolute Gasteiger partial charge is 0.347 e. The largest absolute Gasteiger partial charge is 0.505 e. The lowest BCUT2D eigenvalue weighted by Crippen LogP contribution is -2.30. The lowest BCUT2D eigenvalue weighted by molar-refractivity contribution is 0.0519. The van der Waals surface area contributed by atoms with Gasteiger partial charge in [0, 0.05) is 17.7 Å². The molecule has 10 heteroatoms. The van der Waals surface area contributed by atoms with Gasteiger partial charge in [-0.2, -0.15) is 5.10 Å². The Morgan fingerprint density at radius 1 is 1.00 bits per heavy atom. The van der Waals surface area contributed by atoms with Crippen LogP contribution in [0.15, 0.2) is 41.2 Å². The molecule has 0 bridgehead atoms. The molecule has 0 unspecified atom stereocenters. The molecule has 0 aliphatic heterocycles. The third kappa shape index (κ3) is 4.90. The Morgan fingerprint density at radius 2 is 1.66 bits per heavy atom. The van der Waals surface area contributed by atoms with Crippen molar-refractivity contribution in [1.29, 1.82) is 0 Å². The molecular formula is C22H19F3N2O5. The first-order valence-corrected chi connectivity index (χ1v) is 9.63. The summed E-state index contributed by atoms with van der Waals surface area (Å²) >= 11 is 0. The van der Waals surface area contributed by atoms with Crippen LogP contribution in [0.4, 0.5) is 13.2 Å². The minimum absolute atomic E-state index is 0.00988. The Morgan fingerprint density at radius 3 is 2.28 bits per heavy atom. The van der Waals surface area contributed by atoms with Gasteiger partial charge in [-0.3, -0.25) is 4.79 Å². The minimum Gasteiger partial charge on any atom is -0.505 e. The molecular weight excluding hydrogens is 429 g/mol. The summed E-state index contributed by atoms with van der Waals surface area (Å²) in [6.07, 6.45) is 0. The fraction of sp³-hybridized carbons (Fsp3) is 0.227. The van der Waals surface area contributed by atoms with E-state index in [0.29, 0.717) is 6.07 Å². The highest BCUT2D eigenvalue weighted by molar-refractivity contribution is 5.94. The van der Waals surface area contributed by atoms with E-state index in [4.69, 9.17) is 9.47 Å². The van der Waals surface area contributed by atoms with E-state index < -0.39 is 46.8 Å². The zero-order chi connectivity index (χ0) is 23.4. The predicted octanol–water partition coefficient (Wildman–Crippen LogP) is 3.66. The highest BCUT2D eigenvalue weighted by Crippen LogP contribution is 2.32. The number of hydrogen-bond donors (Lipinski definition) is 1. The molecule has 0 aliphatic carbocycles. The van der Waals surface area contributed by atoms with Crippen molar-refractivity contribution >= 4 is 5.97 Å². The Balaban J connectivity index is 2.23. The molecule has 32 heavy (non-hydrogen) atoms. The van der Waals surface area contributed by atoms with Gasteiger partial charge in [-0.05, 0) is 43.7 Å². The van der Waals surface area contributed by atoms with Crippen molar-refractivity contribution < 1.29 is 32.5 Å². The van der Waals surface area contributed by atoms with Crippen molar-refractivity contribution in [3.63, 3.8) is 0 Å². The summed E-state index contributed by atoms with van der Waals surface area (Å²) in [6.45, 7) is 2.92. The van der Waals surface area contributed by atoms with Crippen molar-refractivity contribution in [3.05, 3.63) is 75.3 Å². The van der Waals surface area contributed by atoms with Crippen LogP contribution in [-0.4, -0.2) is 34.1 Å². The van der Waals surface area contributed by atoms with Crippen LogP contribution in [0.5, 0.6) is 11.5 Å². The number of aromatic hydroxyl groups is 1. The number of carbonyl (C=O) groups is 1. The van der Waals surface area contributed by atoms with E-state index in [-0.39, 0.29) is 35.8 Å². The molecule has 168 valence electrons. The highest BCUT2D eigenvalue weighted by atomic mass is 19.1. The van der Waals surface area contributed by atoms with Gasteiger partial charge in [0.25, 0.3) is 5.56 Å². The summed E-state index contributed by atoms with van der Waals surface area (Å²) in [5.74, 6) is -4.27. The van der Waals surface area contributed by atoms with Crippen LogP contribution in [0.25, 0.3) is 11.3 Å². The van der Waals surface area contributed by atoms with Crippen LogP contribution in [0.3, 0.4) is 0 Å². The van der Waals surface area contributed by atoms with Crippen LogP contribution in [0.2, 0.25) is 0 Å². The van der Waals surface area contributed by atoms with Crippen molar-refractivity contribution in [2.45, 2.75) is 20.4 Å². The Kier molecular flexibility index (Phi) is 6.82. The van der Waals surface area contributed by atoms with Crippen molar-refractivity contribution in [2.24, 2.45) is 0 Å². The molecule has 0 amide bonds. The molecule has 0 radical (unpaired) electrons. The zero-order valence-corrected chi connectivity index (χ0v) is 17.2. The van der Waals surface area contributed by atoms with Gasteiger partial charge < -0.3 is 14.6 Å².